The molecule has 1 aromatic carbocycles. The minimum atomic E-state index is -0.473. The molecule has 1 aliphatic rings. The molecule has 0 radical (unpaired) electrons. The summed E-state index contributed by atoms with van der Waals surface area (Å²) in [5.74, 6) is 0. The Morgan fingerprint density at radius 1 is 1.29 bits per heavy atom. The van der Waals surface area contributed by atoms with Gasteiger partial charge in [0.1, 0.15) is 0 Å². The Labute approximate surface area is 102 Å². The van der Waals surface area contributed by atoms with Crippen LogP contribution in [0, 0.1) is 0 Å². The number of morpholine rings is 1. The van der Waals surface area contributed by atoms with Gasteiger partial charge in [-0.05, 0) is 19.0 Å². The number of benzene rings is 1. The van der Waals surface area contributed by atoms with Crippen LogP contribution >= 0.6 is 0 Å². The Kier molecular flexibility index (Phi) is 4.36. The quantitative estimate of drug-likeness (QED) is 0.815. The van der Waals surface area contributed by atoms with E-state index in [0.717, 1.165) is 37.6 Å². The van der Waals surface area contributed by atoms with E-state index in [2.05, 4.69) is 11.0 Å². The molecule has 0 aromatic heterocycles. The predicted octanol–water partition coefficient (Wildman–Crippen LogP) is 0.905. The van der Waals surface area contributed by atoms with Gasteiger partial charge in [-0.15, -0.1) is 0 Å². The standard InChI is InChI=1S/C13H20N2O2/c14-6-5-13(16)11-3-1-2-4-12(11)15-7-9-17-10-8-15/h1-4,13,16H,5-10,14H2/t13-/m0/s1. The van der Waals surface area contributed by atoms with Crippen LogP contribution in [0.5, 0.6) is 0 Å². The zero-order valence-corrected chi connectivity index (χ0v) is 10.0. The first-order valence-corrected chi connectivity index (χ1v) is 6.12. The summed E-state index contributed by atoms with van der Waals surface area (Å²) >= 11 is 0. The first-order chi connectivity index (χ1) is 8.33. The number of aliphatic hydroxyl groups is 1. The molecule has 1 fully saturated rings. The molecular weight excluding hydrogens is 216 g/mol. The third kappa shape index (κ3) is 2.97. The molecule has 94 valence electrons. The number of nitrogens with two attached hydrogens (primary N) is 1. The van der Waals surface area contributed by atoms with E-state index in [1.807, 2.05) is 18.2 Å². The molecule has 0 spiro atoms. The van der Waals surface area contributed by atoms with Crippen molar-refractivity contribution >= 4 is 5.69 Å². The van der Waals surface area contributed by atoms with Gasteiger partial charge >= 0.3 is 0 Å². The van der Waals surface area contributed by atoms with Crippen molar-refractivity contribution < 1.29 is 9.84 Å². The average molecular weight is 236 g/mol. The first-order valence-electron chi connectivity index (χ1n) is 6.12. The van der Waals surface area contributed by atoms with Crippen LogP contribution in [0.1, 0.15) is 18.1 Å². The molecule has 1 heterocycles. The van der Waals surface area contributed by atoms with Gasteiger partial charge in [-0.2, -0.15) is 0 Å². The van der Waals surface area contributed by atoms with E-state index >= 15 is 0 Å². The molecule has 1 aliphatic heterocycles. The van der Waals surface area contributed by atoms with Crippen LogP contribution < -0.4 is 10.6 Å². The zero-order chi connectivity index (χ0) is 12.1. The minimum Gasteiger partial charge on any atom is -0.388 e. The highest BCUT2D eigenvalue weighted by atomic mass is 16.5. The van der Waals surface area contributed by atoms with Crippen molar-refractivity contribution in [2.45, 2.75) is 12.5 Å². The lowest BCUT2D eigenvalue weighted by atomic mass is 10.0. The van der Waals surface area contributed by atoms with Crippen molar-refractivity contribution in [3.63, 3.8) is 0 Å². The summed E-state index contributed by atoms with van der Waals surface area (Å²) in [5.41, 5.74) is 7.58. The lowest BCUT2D eigenvalue weighted by Crippen LogP contribution is -2.37. The van der Waals surface area contributed by atoms with Crippen molar-refractivity contribution in [3.8, 4) is 0 Å². The van der Waals surface area contributed by atoms with E-state index in [-0.39, 0.29) is 0 Å². The van der Waals surface area contributed by atoms with E-state index in [1.54, 1.807) is 0 Å². The second-order valence-electron chi connectivity index (χ2n) is 4.25. The number of para-hydroxylation sites is 1. The van der Waals surface area contributed by atoms with Gasteiger partial charge in [-0.3, -0.25) is 0 Å². The molecule has 4 heteroatoms. The minimum absolute atomic E-state index is 0.473. The maximum absolute atomic E-state index is 10.1. The summed E-state index contributed by atoms with van der Waals surface area (Å²) in [4.78, 5) is 2.26. The third-order valence-electron chi connectivity index (χ3n) is 3.09. The van der Waals surface area contributed by atoms with Crippen molar-refractivity contribution in [2.75, 3.05) is 37.7 Å². The zero-order valence-electron chi connectivity index (χ0n) is 10.0. The van der Waals surface area contributed by atoms with Gasteiger partial charge in [0.05, 0.1) is 19.3 Å². The Morgan fingerprint density at radius 3 is 2.71 bits per heavy atom. The van der Waals surface area contributed by atoms with Gasteiger partial charge in [0.2, 0.25) is 0 Å². The third-order valence-corrected chi connectivity index (χ3v) is 3.09. The summed E-state index contributed by atoms with van der Waals surface area (Å²) in [6.45, 7) is 3.76. The predicted molar refractivity (Wildman–Crippen MR) is 68.1 cm³/mol. The maximum Gasteiger partial charge on any atom is 0.0822 e. The smallest absolute Gasteiger partial charge is 0.0822 e. The number of nitrogens with zero attached hydrogens (tertiary/aromatic N) is 1. The van der Waals surface area contributed by atoms with E-state index in [4.69, 9.17) is 10.5 Å². The van der Waals surface area contributed by atoms with Crippen LogP contribution in [0.15, 0.2) is 24.3 Å². The number of hydrogen-bond donors (Lipinski definition) is 2. The SMILES string of the molecule is NCC[C@H](O)c1ccccc1N1CCOCC1. The van der Waals surface area contributed by atoms with Gasteiger partial charge in [-0.1, -0.05) is 18.2 Å². The molecule has 1 atom stereocenters. The summed E-state index contributed by atoms with van der Waals surface area (Å²) in [6.07, 6.45) is 0.125. The summed E-state index contributed by atoms with van der Waals surface area (Å²) in [5, 5.41) is 10.1. The number of hydrogen-bond acceptors (Lipinski definition) is 4. The number of anilines is 1. The monoisotopic (exact) mass is 236 g/mol. The molecule has 1 saturated heterocycles. The molecule has 0 amide bonds. The van der Waals surface area contributed by atoms with Gasteiger partial charge in [0.25, 0.3) is 0 Å². The molecule has 2 rings (SSSR count). The Hall–Kier alpha value is -1.10. The van der Waals surface area contributed by atoms with Crippen molar-refractivity contribution in [2.24, 2.45) is 5.73 Å². The molecule has 0 bridgehead atoms. The van der Waals surface area contributed by atoms with Crippen LogP contribution in [0.25, 0.3) is 0 Å². The van der Waals surface area contributed by atoms with Crippen LogP contribution in [-0.2, 0) is 4.74 Å². The maximum atomic E-state index is 10.1. The van der Waals surface area contributed by atoms with Crippen LogP contribution in [0.4, 0.5) is 5.69 Å². The normalized spacial score (nSPS) is 18.1. The largest absolute Gasteiger partial charge is 0.388 e. The van der Waals surface area contributed by atoms with Crippen LogP contribution in [-0.4, -0.2) is 38.0 Å². The van der Waals surface area contributed by atoms with E-state index < -0.39 is 6.10 Å². The molecule has 3 N–H and O–H groups in total. The fraction of sp³-hybridized carbons (Fsp3) is 0.538. The highest BCUT2D eigenvalue weighted by Crippen LogP contribution is 2.28. The van der Waals surface area contributed by atoms with Crippen molar-refractivity contribution in [1.82, 2.24) is 0 Å². The second kappa shape index (κ2) is 6.00. The lowest BCUT2D eigenvalue weighted by molar-refractivity contribution is 0.122. The summed E-state index contributed by atoms with van der Waals surface area (Å²) in [6, 6.07) is 7.99. The van der Waals surface area contributed by atoms with Crippen molar-refractivity contribution in [3.05, 3.63) is 29.8 Å². The van der Waals surface area contributed by atoms with Crippen LogP contribution in [0.2, 0.25) is 0 Å². The Balaban J connectivity index is 2.19. The number of aliphatic hydroxyl groups excluding tert-OH is 1. The molecule has 0 saturated carbocycles. The Bertz CT molecular complexity index is 351. The van der Waals surface area contributed by atoms with E-state index in [9.17, 15) is 5.11 Å². The summed E-state index contributed by atoms with van der Waals surface area (Å²) in [7, 11) is 0. The molecule has 0 aliphatic carbocycles. The van der Waals surface area contributed by atoms with Crippen molar-refractivity contribution in [1.29, 1.82) is 0 Å². The Morgan fingerprint density at radius 2 is 2.00 bits per heavy atom. The second-order valence-corrected chi connectivity index (χ2v) is 4.25. The first kappa shape index (κ1) is 12.4. The lowest BCUT2D eigenvalue weighted by Gasteiger charge is -2.31. The topological polar surface area (TPSA) is 58.7 Å². The van der Waals surface area contributed by atoms with E-state index in [1.165, 1.54) is 0 Å². The molecular formula is C13H20N2O2. The molecule has 0 unspecified atom stereocenters. The van der Waals surface area contributed by atoms with Gasteiger partial charge in [0.15, 0.2) is 0 Å². The van der Waals surface area contributed by atoms with Crippen LogP contribution in [0.3, 0.4) is 0 Å². The highest BCUT2D eigenvalue weighted by molar-refractivity contribution is 5.54. The molecule has 17 heavy (non-hydrogen) atoms. The molecule has 4 nitrogen and oxygen atoms in total. The van der Waals surface area contributed by atoms with Gasteiger partial charge in [-0.25, -0.2) is 0 Å². The fourth-order valence-corrected chi connectivity index (χ4v) is 2.17. The fourth-order valence-electron chi connectivity index (χ4n) is 2.17. The number of ether oxygens (including phenoxy) is 1. The molecule has 1 aromatic rings. The van der Waals surface area contributed by atoms with Gasteiger partial charge < -0.3 is 20.5 Å². The number of rotatable bonds is 4. The highest BCUT2D eigenvalue weighted by Gasteiger charge is 2.17. The summed E-state index contributed by atoms with van der Waals surface area (Å²) < 4.78 is 5.34. The van der Waals surface area contributed by atoms with Gasteiger partial charge in [0, 0.05) is 24.3 Å². The average Bonchev–Trinajstić information content (AvgIpc) is 2.40. The van der Waals surface area contributed by atoms with E-state index in [0.29, 0.717) is 13.0 Å².